The Morgan fingerprint density at radius 1 is 1.10 bits per heavy atom. The molecule has 0 radical (unpaired) electrons. The highest BCUT2D eigenvalue weighted by molar-refractivity contribution is 5.74. The number of nitrogens with two attached hydrogens (primary N) is 1. The van der Waals surface area contributed by atoms with E-state index in [4.69, 9.17) is 15.7 Å². The van der Waals surface area contributed by atoms with E-state index in [2.05, 4.69) is 9.97 Å². The largest absolute Gasteiger partial charge is 0.436 e. The minimum Gasteiger partial charge on any atom is -0.436 e. The maximum atomic E-state index is 9.07. The van der Waals surface area contributed by atoms with E-state index in [0.29, 0.717) is 22.9 Å². The molecule has 0 atom stereocenters. The standard InChI is InChI=1S/C15H10N4O/c16-8-10-7-11(17)5-6-14(10)20-15-9-18-12-3-1-2-4-13(12)19-15/h1-7,9H,17H2. The number of para-hydroxylation sites is 2. The number of anilines is 1. The summed E-state index contributed by atoms with van der Waals surface area (Å²) in [4.78, 5) is 8.60. The van der Waals surface area contributed by atoms with E-state index in [1.165, 1.54) is 6.20 Å². The Morgan fingerprint density at radius 3 is 2.70 bits per heavy atom. The normalized spacial score (nSPS) is 10.2. The predicted molar refractivity (Wildman–Crippen MR) is 75.2 cm³/mol. The fourth-order valence-corrected chi connectivity index (χ4v) is 1.83. The van der Waals surface area contributed by atoms with Crippen molar-refractivity contribution in [2.45, 2.75) is 0 Å². The number of hydrogen-bond donors (Lipinski definition) is 1. The second-order valence-electron chi connectivity index (χ2n) is 4.17. The van der Waals surface area contributed by atoms with Gasteiger partial charge in [-0.1, -0.05) is 12.1 Å². The highest BCUT2D eigenvalue weighted by atomic mass is 16.5. The van der Waals surface area contributed by atoms with Crippen LogP contribution < -0.4 is 10.5 Å². The van der Waals surface area contributed by atoms with Crippen molar-refractivity contribution >= 4 is 16.7 Å². The molecule has 0 aliphatic carbocycles. The van der Waals surface area contributed by atoms with Gasteiger partial charge in [0, 0.05) is 5.69 Å². The van der Waals surface area contributed by atoms with Gasteiger partial charge in [-0.25, -0.2) is 9.97 Å². The van der Waals surface area contributed by atoms with Crippen LogP contribution >= 0.6 is 0 Å². The second-order valence-corrected chi connectivity index (χ2v) is 4.17. The first-order valence-electron chi connectivity index (χ1n) is 5.95. The summed E-state index contributed by atoms with van der Waals surface area (Å²) >= 11 is 0. The molecule has 3 rings (SSSR count). The highest BCUT2D eigenvalue weighted by Gasteiger charge is 2.07. The Labute approximate surface area is 115 Å². The van der Waals surface area contributed by atoms with Crippen LogP contribution in [0.1, 0.15) is 5.56 Å². The number of nitrogens with zero attached hydrogens (tertiary/aromatic N) is 3. The van der Waals surface area contributed by atoms with E-state index in [0.717, 1.165) is 11.0 Å². The van der Waals surface area contributed by atoms with Crippen molar-refractivity contribution in [1.82, 2.24) is 9.97 Å². The summed E-state index contributed by atoms with van der Waals surface area (Å²) in [6, 6.07) is 14.4. The molecule has 0 aliphatic rings. The summed E-state index contributed by atoms with van der Waals surface area (Å²) in [6.45, 7) is 0. The van der Waals surface area contributed by atoms with Crippen molar-refractivity contribution in [3.8, 4) is 17.7 Å². The van der Waals surface area contributed by atoms with Crippen LogP contribution in [-0.2, 0) is 0 Å². The zero-order valence-electron chi connectivity index (χ0n) is 10.4. The minimum absolute atomic E-state index is 0.338. The van der Waals surface area contributed by atoms with Crippen LogP contribution in [0.2, 0.25) is 0 Å². The zero-order valence-corrected chi connectivity index (χ0v) is 10.4. The summed E-state index contributed by atoms with van der Waals surface area (Å²) in [6.07, 6.45) is 1.53. The molecule has 96 valence electrons. The molecular weight excluding hydrogens is 252 g/mol. The first kappa shape index (κ1) is 11.9. The Bertz CT molecular complexity index is 823. The Kier molecular flexibility index (Phi) is 2.90. The smallest absolute Gasteiger partial charge is 0.238 e. The molecule has 3 aromatic rings. The first-order chi connectivity index (χ1) is 9.76. The molecule has 2 aromatic carbocycles. The van der Waals surface area contributed by atoms with Gasteiger partial charge < -0.3 is 10.5 Å². The van der Waals surface area contributed by atoms with E-state index in [1.54, 1.807) is 18.2 Å². The SMILES string of the molecule is N#Cc1cc(N)ccc1Oc1cnc2ccccc2n1. The number of hydrogen-bond acceptors (Lipinski definition) is 5. The quantitative estimate of drug-likeness (QED) is 0.718. The molecule has 0 unspecified atom stereocenters. The van der Waals surface area contributed by atoms with Gasteiger partial charge in [-0.05, 0) is 30.3 Å². The average Bonchev–Trinajstić information content (AvgIpc) is 2.49. The monoisotopic (exact) mass is 262 g/mol. The lowest BCUT2D eigenvalue weighted by Gasteiger charge is -2.07. The third-order valence-electron chi connectivity index (χ3n) is 2.77. The van der Waals surface area contributed by atoms with E-state index in [9.17, 15) is 0 Å². The lowest BCUT2D eigenvalue weighted by atomic mass is 10.2. The molecule has 2 N–H and O–H groups in total. The van der Waals surface area contributed by atoms with Gasteiger partial charge in [0.1, 0.15) is 11.8 Å². The molecule has 0 spiro atoms. The number of ether oxygens (including phenoxy) is 1. The molecule has 1 aromatic heterocycles. The van der Waals surface area contributed by atoms with Crippen molar-refractivity contribution in [1.29, 1.82) is 5.26 Å². The van der Waals surface area contributed by atoms with Crippen molar-refractivity contribution < 1.29 is 4.74 Å². The maximum Gasteiger partial charge on any atom is 0.238 e. The van der Waals surface area contributed by atoms with Crippen LogP contribution in [0.5, 0.6) is 11.6 Å². The summed E-state index contributed by atoms with van der Waals surface area (Å²) in [7, 11) is 0. The summed E-state index contributed by atoms with van der Waals surface area (Å²) in [5, 5.41) is 9.07. The summed E-state index contributed by atoms with van der Waals surface area (Å²) in [5.41, 5.74) is 8.03. The summed E-state index contributed by atoms with van der Waals surface area (Å²) in [5.74, 6) is 0.747. The molecule has 0 fully saturated rings. The number of nitrogen functional groups attached to an aromatic ring is 1. The second kappa shape index (κ2) is 4.86. The number of rotatable bonds is 2. The fourth-order valence-electron chi connectivity index (χ4n) is 1.83. The van der Waals surface area contributed by atoms with Crippen LogP contribution in [0.25, 0.3) is 11.0 Å². The number of fused-ring (bicyclic) bond motifs is 1. The highest BCUT2D eigenvalue weighted by Crippen LogP contribution is 2.25. The molecular formula is C15H10N4O. The molecule has 0 bridgehead atoms. The molecule has 0 saturated heterocycles. The summed E-state index contributed by atoms with van der Waals surface area (Å²) < 4.78 is 5.61. The zero-order chi connectivity index (χ0) is 13.9. The molecule has 5 heteroatoms. The van der Waals surface area contributed by atoms with E-state index >= 15 is 0 Å². The van der Waals surface area contributed by atoms with E-state index < -0.39 is 0 Å². The predicted octanol–water partition coefficient (Wildman–Crippen LogP) is 2.88. The van der Waals surface area contributed by atoms with Gasteiger partial charge in [-0.3, -0.25) is 0 Å². The molecule has 0 amide bonds. The molecule has 1 heterocycles. The molecule has 20 heavy (non-hydrogen) atoms. The Hall–Kier alpha value is -3.13. The molecule has 0 aliphatic heterocycles. The van der Waals surface area contributed by atoms with E-state index in [1.807, 2.05) is 30.3 Å². The van der Waals surface area contributed by atoms with Gasteiger partial charge in [0.15, 0.2) is 0 Å². The average molecular weight is 262 g/mol. The van der Waals surface area contributed by atoms with E-state index in [-0.39, 0.29) is 0 Å². The van der Waals surface area contributed by atoms with Crippen molar-refractivity contribution in [2.75, 3.05) is 5.73 Å². The molecule has 0 saturated carbocycles. The van der Waals surface area contributed by atoms with Crippen LogP contribution in [0, 0.1) is 11.3 Å². The van der Waals surface area contributed by atoms with Crippen molar-refractivity contribution in [3.63, 3.8) is 0 Å². The number of benzene rings is 2. The topological polar surface area (TPSA) is 84.8 Å². The lowest BCUT2D eigenvalue weighted by molar-refractivity contribution is 0.461. The minimum atomic E-state index is 0.338. The van der Waals surface area contributed by atoms with Crippen LogP contribution in [0.4, 0.5) is 5.69 Å². The fraction of sp³-hybridized carbons (Fsp3) is 0. The third-order valence-corrected chi connectivity index (χ3v) is 2.77. The van der Waals surface area contributed by atoms with Crippen LogP contribution in [0.15, 0.2) is 48.7 Å². The molecule has 5 nitrogen and oxygen atoms in total. The number of nitriles is 1. The van der Waals surface area contributed by atoms with Gasteiger partial charge in [-0.2, -0.15) is 5.26 Å². The van der Waals surface area contributed by atoms with Gasteiger partial charge >= 0.3 is 0 Å². The Morgan fingerprint density at radius 2 is 1.90 bits per heavy atom. The van der Waals surface area contributed by atoms with Crippen molar-refractivity contribution in [3.05, 3.63) is 54.2 Å². The van der Waals surface area contributed by atoms with Gasteiger partial charge in [-0.15, -0.1) is 0 Å². The van der Waals surface area contributed by atoms with Gasteiger partial charge in [0.2, 0.25) is 5.88 Å². The maximum absolute atomic E-state index is 9.07. The Balaban J connectivity index is 1.99. The van der Waals surface area contributed by atoms with Gasteiger partial charge in [0.05, 0.1) is 22.8 Å². The van der Waals surface area contributed by atoms with Gasteiger partial charge in [0.25, 0.3) is 0 Å². The van der Waals surface area contributed by atoms with Crippen LogP contribution in [0.3, 0.4) is 0 Å². The van der Waals surface area contributed by atoms with Crippen LogP contribution in [-0.4, -0.2) is 9.97 Å². The lowest BCUT2D eigenvalue weighted by Crippen LogP contribution is -1.94. The number of aromatic nitrogens is 2. The third kappa shape index (κ3) is 2.22. The van der Waals surface area contributed by atoms with Crippen molar-refractivity contribution in [2.24, 2.45) is 0 Å². The first-order valence-corrected chi connectivity index (χ1v) is 5.95.